The lowest BCUT2D eigenvalue weighted by Crippen LogP contribution is -2.29. The van der Waals surface area contributed by atoms with Gasteiger partial charge in [0, 0.05) is 24.3 Å². The van der Waals surface area contributed by atoms with Crippen molar-refractivity contribution >= 4 is 40.4 Å². The Balaban J connectivity index is 1.47. The molecule has 0 spiro atoms. The van der Waals surface area contributed by atoms with Gasteiger partial charge < -0.3 is 14.8 Å². The van der Waals surface area contributed by atoms with E-state index in [0.717, 1.165) is 22.8 Å². The van der Waals surface area contributed by atoms with Gasteiger partial charge in [0.15, 0.2) is 5.17 Å². The summed E-state index contributed by atoms with van der Waals surface area (Å²) >= 11 is 1.37. The quantitative estimate of drug-likeness (QED) is 0.832. The Morgan fingerprint density at radius 2 is 2.11 bits per heavy atom. The molecule has 2 aromatic rings. The Labute approximate surface area is 167 Å². The highest BCUT2D eigenvalue weighted by atomic mass is 32.2. The number of nitrogens with zero attached hydrogens (tertiary/aromatic N) is 3. The molecule has 8 heteroatoms. The second-order valence-electron chi connectivity index (χ2n) is 6.25. The van der Waals surface area contributed by atoms with E-state index < -0.39 is 0 Å². The fourth-order valence-corrected chi connectivity index (χ4v) is 4.01. The summed E-state index contributed by atoms with van der Waals surface area (Å²) in [6, 6.07) is 13.5. The van der Waals surface area contributed by atoms with Crippen LogP contribution in [-0.2, 0) is 4.79 Å². The number of carbonyl (C=O) groups is 1. The van der Waals surface area contributed by atoms with E-state index in [1.54, 1.807) is 32.4 Å². The Bertz CT molecular complexity index is 960. The van der Waals surface area contributed by atoms with Gasteiger partial charge in [-0.05, 0) is 18.2 Å². The van der Waals surface area contributed by atoms with Gasteiger partial charge in [0.25, 0.3) is 0 Å². The van der Waals surface area contributed by atoms with Crippen molar-refractivity contribution in [3.8, 4) is 11.5 Å². The smallest absolute Gasteiger partial charge is 0.234 e. The van der Waals surface area contributed by atoms with Crippen LogP contribution in [-0.4, -0.2) is 42.3 Å². The second-order valence-corrected chi connectivity index (χ2v) is 7.19. The molecule has 1 unspecified atom stereocenters. The number of methoxy groups -OCH3 is 2. The van der Waals surface area contributed by atoms with Gasteiger partial charge >= 0.3 is 0 Å². The first-order valence-corrected chi connectivity index (χ1v) is 9.82. The first-order chi connectivity index (χ1) is 13.7. The molecule has 144 valence electrons. The fourth-order valence-electron chi connectivity index (χ4n) is 3.21. The first-order valence-electron chi connectivity index (χ1n) is 8.83. The summed E-state index contributed by atoms with van der Waals surface area (Å²) < 4.78 is 10.5. The normalized spacial score (nSPS) is 16.9. The lowest BCUT2D eigenvalue weighted by molar-refractivity contribution is -0.113. The van der Waals surface area contributed by atoms with E-state index >= 15 is 0 Å². The van der Waals surface area contributed by atoms with Crippen LogP contribution in [0.1, 0.15) is 18.0 Å². The Hall–Kier alpha value is -3.00. The van der Waals surface area contributed by atoms with Gasteiger partial charge in [0.2, 0.25) is 5.91 Å². The number of thioether (sulfide) groups is 1. The maximum Gasteiger partial charge on any atom is 0.234 e. The van der Waals surface area contributed by atoms with Crippen LogP contribution in [0, 0.1) is 0 Å². The number of carbonyl (C=O) groups excluding carboxylic acids is 1. The number of benzene rings is 2. The molecule has 0 aliphatic carbocycles. The number of anilines is 1. The molecule has 2 aliphatic heterocycles. The van der Waals surface area contributed by atoms with Gasteiger partial charge in [-0.15, -0.1) is 0 Å². The van der Waals surface area contributed by atoms with Gasteiger partial charge in [0.05, 0.1) is 37.4 Å². The highest BCUT2D eigenvalue weighted by Gasteiger charge is 2.32. The van der Waals surface area contributed by atoms with E-state index in [2.05, 4.69) is 16.5 Å². The van der Waals surface area contributed by atoms with Crippen molar-refractivity contribution in [2.75, 3.05) is 25.3 Å². The van der Waals surface area contributed by atoms with Crippen molar-refractivity contribution in [1.29, 1.82) is 0 Å². The molecule has 1 amide bonds. The molecule has 2 heterocycles. The van der Waals surface area contributed by atoms with Crippen LogP contribution in [0.25, 0.3) is 0 Å². The summed E-state index contributed by atoms with van der Waals surface area (Å²) in [6.45, 7) is 0. The van der Waals surface area contributed by atoms with Crippen molar-refractivity contribution in [3.05, 3.63) is 48.0 Å². The molecule has 0 saturated heterocycles. The number of hydrazone groups is 1. The first kappa shape index (κ1) is 18.4. The van der Waals surface area contributed by atoms with Crippen LogP contribution in [0.4, 0.5) is 11.4 Å². The standard InChI is InChI=1S/C20H20N4O3S/c1-26-13-7-8-18(27-2)16(11-13)22-19(25)12-28-20-23-15-6-4-3-5-14(15)17-9-10-21-24(17)20/h3-8,10-11,17H,9,12H2,1-2H3,(H,22,25). The number of aliphatic imine (C=N–C) groups is 1. The number of hydrogen-bond acceptors (Lipinski definition) is 7. The third kappa shape index (κ3) is 3.55. The molecule has 7 nitrogen and oxygen atoms in total. The summed E-state index contributed by atoms with van der Waals surface area (Å²) in [6.07, 6.45) is 2.73. The van der Waals surface area contributed by atoms with Crippen LogP contribution in [0.3, 0.4) is 0 Å². The number of amides is 1. The molecule has 28 heavy (non-hydrogen) atoms. The van der Waals surface area contributed by atoms with Gasteiger partial charge in [-0.2, -0.15) is 5.10 Å². The number of ether oxygens (including phenoxy) is 2. The zero-order valence-electron chi connectivity index (χ0n) is 15.6. The van der Waals surface area contributed by atoms with Crippen LogP contribution < -0.4 is 14.8 Å². The van der Waals surface area contributed by atoms with Gasteiger partial charge in [-0.1, -0.05) is 30.0 Å². The highest BCUT2D eigenvalue weighted by molar-refractivity contribution is 8.14. The number of para-hydroxylation sites is 1. The summed E-state index contributed by atoms with van der Waals surface area (Å²) in [5, 5.41) is 9.94. The van der Waals surface area contributed by atoms with Gasteiger partial charge in [-0.3, -0.25) is 4.79 Å². The van der Waals surface area contributed by atoms with Crippen molar-refractivity contribution in [2.24, 2.45) is 10.1 Å². The zero-order chi connectivity index (χ0) is 19.5. The zero-order valence-corrected chi connectivity index (χ0v) is 16.4. The van der Waals surface area contributed by atoms with Crippen molar-refractivity contribution < 1.29 is 14.3 Å². The number of rotatable bonds is 5. The molecule has 2 aromatic carbocycles. The van der Waals surface area contributed by atoms with Gasteiger partial charge in [0.1, 0.15) is 11.5 Å². The minimum absolute atomic E-state index is 0.151. The molecule has 0 radical (unpaired) electrons. The molecule has 0 bridgehead atoms. The van der Waals surface area contributed by atoms with Crippen LogP contribution in [0.2, 0.25) is 0 Å². The molecule has 1 atom stereocenters. The average molecular weight is 396 g/mol. The number of hydrogen-bond donors (Lipinski definition) is 1. The minimum atomic E-state index is -0.155. The molecule has 0 fully saturated rings. The summed E-state index contributed by atoms with van der Waals surface area (Å²) in [5.41, 5.74) is 2.67. The molecular weight excluding hydrogens is 376 g/mol. The molecule has 2 aliphatic rings. The average Bonchev–Trinajstić information content (AvgIpc) is 3.22. The van der Waals surface area contributed by atoms with Crippen LogP contribution in [0.5, 0.6) is 11.5 Å². The number of fused-ring (bicyclic) bond motifs is 3. The van der Waals surface area contributed by atoms with E-state index in [1.807, 2.05) is 29.4 Å². The van der Waals surface area contributed by atoms with E-state index in [1.165, 1.54) is 11.8 Å². The predicted molar refractivity (Wildman–Crippen MR) is 112 cm³/mol. The monoisotopic (exact) mass is 396 g/mol. The minimum Gasteiger partial charge on any atom is -0.497 e. The van der Waals surface area contributed by atoms with Crippen molar-refractivity contribution in [1.82, 2.24) is 5.01 Å². The number of amidine groups is 1. The largest absolute Gasteiger partial charge is 0.497 e. The third-order valence-corrected chi connectivity index (χ3v) is 5.49. The highest BCUT2D eigenvalue weighted by Crippen LogP contribution is 2.40. The number of nitrogens with one attached hydrogen (secondary N) is 1. The Morgan fingerprint density at radius 1 is 1.25 bits per heavy atom. The van der Waals surface area contributed by atoms with E-state index in [4.69, 9.17) is 14.5 Å². The Morgan fingerprint density at radius 3 is 2.93 bits per heavy atom. The fraction of sp³-hybridized carbons (Fsp3) is 0.250. The topological polar surface area (TPSA) is 75.5 Å². The van der Waals surface area contributed by atoms with E-state index in [0.29, 0.717) is 17.2 Å². The third-order valence-electron chi connectivity index (χ3n) is 4.55. The van der Waals surface area contributed by atoms with Gasteiger partial charge in [-0.25, -0.2) is 10.0 Å². The second kappa shape index (κ2) is 7.93. The predicted octanol–water partition coefficient (Wildman–Crippen LogP) is 3.81. The SMILES string of the molecule is COc1ccc(OC)c(NC(=O)CSC2=Nc3ccccc3C3CC=NN23)c1. The lowest BCUT2D eigenvalue weighted by atomic mass is 10.0. The van der Waals surface area contributed by atoms with Crippen molar-refractivity contribution in [3.63, 3.8) is 0 Å². The molecule has 0 aromatic heterocycles. The molecule has 1 N–H and O–H groups in total. The summed E-state index contributed by atoms with van der Waals surface area (Å²) in [4.78, 5) is 17.2. The maximum absolute atomic E-state index is 12.5. The Kier molecular flexibility index (Phi) is 5.21. The lowest BCUT2D eigenvalue weighted by Gasteiger charge is -2.29. The summed E-state index contributed by atoms with van der Waals surface area (Å²) in [7, 11) is 3.14. The molecule has 0 saturated carbocycles. The molecule has 4 rings (SSSR count). The van der Waals surface area contributed by atoms with Crippen LogP contribution >= 0.6 is 11.8 Å². The van der Waals surface area contributed by atoms with Crippen molar-refractivity contribution in [2.45, 2.75) is 12.5 Å². The van der Waals surface area contributed by atoms with E-state index in [-0.39, 0.29) is 17.7 Å². The summed E-state index contributed by atoms with van der Waals surface area (Å²) in [5.74, 6) is 1.27. The molecular formula is C20H20N4O3S. The van der Waals surface area contributed by atoms with E-state index in [9.17, 15) is 4.79 Å². The van der Waals surface area contributed by atoms with Crippen LogP contribution in [0.15, 0.2) is 52.6 Å². The maximum atomic E-state index is 12.5.